The van der Waals surface area contributed by atoms with Gasteiger partial charge >= 0.3 is 0 Å². The minimum Gasteiger partial charge on any atom is -0.349 e. The zero-order valence-corrected chi connectivity index (χ0v) is 15.2. The summed E-state index contributed by atoms with van der Waals surface area (Å²) in [5, 5.41) is 3.18. The number of carbonyl (C=O) groups excluding carboxylic acids is 2. The van der Waals surface area contributed by atoms with Crippen LogP contribution in [0.3, 0.4) is 0 Å². The van der Waals surface area contributed by atoms with Gasteiger partial charge in [0, 0.05) is 19.0 Å². The summed E-state index contributed by atoms with van der Waals surface area (Å²) in [7, 11) is 4.07. The zero-order valence-electron chi connectivity index (χ0n) is 15.2. The maximum atomic E-state index is 12.5. The Morgan fingerprint density at radius 3 is 2.38 bits per heavy atom. The first-order chi connectivity index (χ1) is 11.4. The lowest BCUT2D eigenvalue weighted by Gasteiger charge is -2.40. The molecule has 1 fully saturated rings. The average molecular weight is 331 g/mol. The largest absolute Gasteiger partial charge is 0.349 e. The van der Waals surface area contributed by atoms with E-state index in [9.17, 15) is 9.59 Å². The van der Waals surface area contributed by atoms with Gasteiger partial charge in [-0.05, 0) is 32.6 Å². The Balaban J connectivity index is 1.92. The summed E-state index contributed by atoms with van der Waals surface area (Å²) in [6.45, 7) is 5.77. The number of benzene rings is 1. The van der Waals surface area contributed by atoms with Crippen molar-refractivity contribution in [2.45, 2.75) is 26.3 Å². The molecule has 0 aromatic heterocycles. The van der Waals surface area contributed by atoms with Crippen LogP contribution < -0.4 is 5.32 Å². The molecule has 1 aromatic rings. The van der Waals surface area contributed by atoms with Crippen LogP contribution in [0.2, 0.25) is 0 Å². The van der Waals surface area contributed by atoms with Gasteiger partial charge in [-0.3, -0.25) is 9.59 Å². The van der Waals surface area contributed by atoms with Gasteiger partial charge < -0.3 is 15.1 Å². The highest BCUT2D eigenvalue weighted by Gasteiger charge is 2.37. The highest BCUT2D eigenvalue weighted by Crippen LogP contribution is 2.22. The Morgan fingerprint density at radius 2 is 1.83 bits per heavy atom. The van der Waals surface area contributed by atoms with E-state index in [0.29, 0.717) is 13.1 Å². The number of rotatable bonds is 7. The van der Waals surface area contributed by atoms with Gasteiger partial charge in [-0.1, -0.05) is 44.2 Å². The molecule has 132 valence electrons. The summed E-state index contributed by atoms with van der Waals surface area (Å²) < 4.78 is 0. The minimum atomic E-state index is -0.0849. The Hall–Kier alpha value is -1.88. The van der Waals surface area contributed by atoms with Crippen molar-refractivity contribution in [3.63, 3.8) is 0 Å². The lowest BCUT2D eigenvalue weighted by molar-refractivity contribution is -0.145. The van der Waals surface area contributed by atoms with E-state index in [2.05, 4.69) is 22.3 Å². The fourth-order valence-electron chi connectivity index (χ4n) is 2.87. The number of likely N-dealkylation sites (tertiary alicyclic amines) is 1. The smallest absolute Gasteiger partial charge is 0.227 e. The summed E-state index contributed by atoms with van der Waals surface area (Å²) in [5.41, 5.74) is 1.13. The SMILES string of the molecule is CC(C)C(=O)N1CC(C(=O)N[C@@H](CCN(C)C)c2ccccc2)C1. The van der Waals surface area contributed by atoms with Gasteiger partial charge in [0.15, 0.2) is 0 Å². The Labute approximate surface area is 145 Å². The predicted octanol–water partition coefficient (Wildman–Crippen LogP) is 1.91. The second-order valence-electron chi connectivity index (χ2n) is 7.16. The van der Waals surface area contributed by atoms with Crippen molar-refractivity contribution < 1.29 is 9.59 Å². The van der Waals surface area contributed by atoms with Gasteiger partial charge in [-0.2, -0.15) is 0 Å². The van der Waals surface area contributed by atoms with E-state index < -0.39 is 0 Å². The maximum Gasteiger partial charge on any atom is 0.227 e. The first-order valence-electron chi connectivity index (χ1n) is 8.67. The van der Waals surface area contributed by atoms with Crippen LogP contribution in [0.5, 0.6) is 0 Å². The number of carbonyl (C=O) groups is 2. The summed E-state index contributed by atoms with van der Waals surface area (Å²) in [4.78, 5) is 28.3. The quantitative estimate of drug-likeness (QED) is 0.830. The lowest BCUT2D eigenvalue weighted by atomic mass is 9.95. The standard InChI is InChI=1S/C19H29N3O2/c1-14(2)19(24)22-12-16(13-22)18(23)20-17(10-11-21(3)4)15-8-6-5-7-9-15/h5-9,14,16-17H,10-13H2,1-4H3,(H,20,23)/t17-/m0/s1. The maximum absolute atomic E-state index is 12.5. The average Bonchev–Trinajstić information content (AvgIpc) is 2.50. The third-order valence-electron chi connectivity index (χ3n) is 4.44. The van der Waals surface area contributed by atoms with Crippen molar-refractivity contribution in [1.29, 1.82) is 0 Å². The molecule has 2 rings (SSSR count). The molecular weight excluding hydrogens is 302 g/mol. The molecule has 0 aliphatic carbocycles. The first-order valence-corrected chi connectivity index (χ1v) is 8.67. The van der Waals surface area contributed by atoms with Crippen LogP contribution in [0.4, 0.5) is 0 Å². The molecule has 1 saturated heterocycles. The monoisotopic (exact) mass is 331 g/mol. The van der Waals surface area contributed by atoms with E-state index in [0.717, 1.165) is 18.5 Å². The highest BCUT2D eigenvalue weighted by atomic mass is 16.2. The van der Waals surface area contributed by atoms with Crippen LogP contribution in [0.25, 0.3) is 0 Å². The molecule has 0 spiro atoms. The van der Waals surface area contributed by atoms with E-state index in [1.807, 2.05) is 46.1 Å². The fourth-order valence-corrected chi connectivity index (χ4v) is 2.87. The topological polar surface area (TPSA) is 52.7 Å². The van der Waals surface area contributed by atoms with Crippen LogP contribution in [0.15, 0.2) is 30.3 Å². The molecule has 5 nitrogen and oxygen atoms in total. The van der Waals surface area contributed by atoms with Crippen molar-refractivity contribution in [2.24, 2.45) is 11.8 Å². The second-order valence-corrected chi connectivity index (χ2v) is 7.16. The number of hydrogen-bond acceptors (Lipinski definition) is 3. The molecule has 24 heavy (non-hydrogen) atoms. The summed E-state index contributed by atoms with van der Waals surface area (Å²) in [6, 6.07) is 10.1. The third kappa shape index (κ3) is 4.81. The Morgan fingerprint density at radius 1 is 1.21 bits per heavy atom. The molecule has 1 aliphatic heterocycles. The molecule has 1 N–H and O–H groups in total. The lowest BCUT2D eigenvalue weighted by Crippen LogP contribution is -2.57. The van der Waals surface area contributed by atoms with Crippen molar-refractivity contribution in [3.8, 4) is 0 Å². The number of hydrogen-bond donors (Lipinski definition) is 1. The van der Waals surface area contributed by atoms with E-state index in [1.165, 1.54) is 0 Å². The van der Waals surface area contributed by atoms with Gasteiger partial charge in [-0.25, -0.2) is 0 Å². The van der Waals surface area contributed by atoms with E-state index in [4.69, 9.17) is 0 Å². The van der Waals surface area contributed by atoms with Crippen molar-refractivity contribution in [2.75, 3.05) is 33.7 Å². The highest BCUT2D eigenvalue weighted by molar-refractivity contribution is 5.85. The normalized spacial score (nSPS) is 16.2. The van der Waals surface area contributed by atoms with E-state index in [1.54, 1.807) is 4.90 Å². The number of nitrogens with one attached hydrogen (secondary N) is 1. The minimum absolute atomic E-state index is 0.00818. The van der Waals surface area contributed by atoms with Crippen LogP contribution in [-0.4, -0.2) is 55.3 Å². The zero-order chi connectivity index (χ0) is 17.7. The molecule has 0 saturated carbocycles. The van der Waals surface area contributed by atoms with Crippen LogP contribution in [-0.2, 0) is 9.59 Å². The van der Waals surface area contributed by atoms with Crippen LogP contribution >= 0.6 is 0 Å². The summed E-state index contributed by atoms with van der Waals surface area (Å²) >= 11 is 0. The molecule has 1 heterocycles. The molecule has 0 unspecified atom stereocenters. The molecule has 1 aromatic carbocycles. The molecule has 5 heteroatoms. The second kappa shape index (κ2) is 8.29. The third-order valence-corrected chi connectivity index (χ3v) is 4.44. The van der Waals surface area contributed by atoms with Crippen molar-refractivity contribution >= 4 is 11.8 Å². The van der Waals surface area contributed by atoms with Crippen molar-refractivity contribution in [1.82, 2.24) is 15.1 Å². The number of nitrogens with zero attached hydrogens (tertiary/aromatic N) is 2. The fraction of sp³-hybridized carbons (Fsp3) is 0.579. The van der Waals surface area contributed by atoms with Gasteiger partial charge in [0.2, 0.25) is 11.8 Å². The van der Waals surface area contributed by atoms with Gasteiger partial charge in [0.05, 0.1) is 12.0 Å². The van der Waals surface area contributed by atoms with E-state index in [-0.39, 0.29) is 29.7 Å². The Kier molecular flexibility index (Phi) is 6.37. The van der Waals surface area contributed by atoms with Crippen LogP contribution in [0, 0.1) is 11.8 Å². The molecule has 1 atom stereocenters. The summed E-state index contributed by atoms with van der Waals surface area (Å²) in [5.74, 6) is 0.0890. The van der Waals surface area contributed by atoms with E-state index >= 15 is 0 Å². The van der Waals surface area contributed by atoms with Crippen LogP contribution in [0.1, 0.15) is 31.9 Å². The van der Waals surface area contributed by atoms with Gasteiger partial charge in [0.1, 0.15) is 0 Å². The first kappa shape index (κ1) is 18.5. The predicted molar refractivity (Wildman–Crippen MR) is 95.4 cm³/mol. The molecule has 1 aliphatic rings. The summed E-state index contributed by atoms with van der Waals surface area (Å²) in [6.07, 6.45) is 0.865. The number of amides is 2. The Bertz CT molecular complexity index is 551. The van der Waals surface area contributed by atoms with Gasteiger partial charge in [0.25, 0.3) is 0 Å². The molecule has 0 bridgehead atoms. The van der Waals surface area contributed by atoms with Crippen molar-refractivity contribution in [3.05, 3.63) is 35.9 Å². The molecular formula is C19H29N3O2. The van der Waals surface area contributed by atoms with Gasteiger partial charge in [-0.15, -0.1) is 0 Å². The molecule has 0 radical (unpaired) electrons. The molecule has 2 amide bonds.